The van der Waals surface area contributed by atoms with Crippen molar-refractivity contribution in [3.05, 3.63) is 63.6 Å². The molecule has 0 fully saturated rings. The molecular formula is C18H18Cl2N2O2. The van der Waals surface area contributed by atoms with Crippen LogP contribution in [-0.2, 0) is 0 Å². The van der Waals surface area contributed by atoms with E-state index in [-0.39, 0.29) is 5.91 Å². The van der Waals surface area contributed by atoms with Crippen LogP contribution in [0.1, 0.15) is 29.8 Å². The summed E-state index contributed by atoms with van der Waals surface area (Å²) in [5.41, 5.74) is 3.57. The number of rotatable bonds is 6. The Bertz CT molecular complexity index is 728. The number of carbonyl (C=O) groups excluding carboxylic acids is 1. The molecule has 0 aliphatic rings. The second kappa shape index (κ2) is 8.71. The van der Waals surface area contributed by atoms with E-state index in [1.54, 1.807) is 42.5 Å². The normalized spacial score (nSPS) is 11.0. The zero-order chi connectivity index (χ0) is 17.5. The Balaban J connectivity index is 1.95. The molecular weight excluding hydrogens is 347 g/mol. The number of hydrazone groups is 1. The van der Waals surface area contributed by atoms with Crippen molar-refractivity contribution < 1.29 is 9.53 Å². The van der Waals surface area contributed by atoms with E-state index in [9.17, 15) is 4.79 Å². The van der Waals surface area contributed by atoms with Crippen LogP contribution >= 0.6 is 23.2 Å². The fraction of sp³-hybridized carbons (Fsp3) is 0.222. The number of halogens is 2. The highest BCUT2D eigenvalue weighted by atomic mass is 35.5. The topological polar surface area (TPSA) is 50.7 Å². The molecule has 2 aromatic carbocycles. The SMILES string of the molecule is CC(C)COc1ccc(C(=O)N/N=C/c2cccc(Cl)c2Cl)cc1. The number of nitrogens with one attached hydrogen (secondary N) is 1. The van der Waals surface area contributed by atoms with Crippen LogP contribution in [0.3, 0.4) is 0 Å². The molecule has 0 aliphatic heterocycles. The van der Waals surface area contributed by atoms with Crippen molar-refractivity contribution in [1.82, 2.24) is 5.43 Å². The van der Waals surface area contributed by atoms with Crippen molar-refractivity contribution in [2.45, 2.75) is 13.8 Å². The first kappa shape index (κ1) is 18.3. The Hall–Kier alpha value is -2.04. The number of hydrogen-bond donors (Lipinski definition) is 1. The third-order valence-corrected chi connectivity index (χ3v) is 3.88. The van der Waals surface area contributed by atoms with E-state index in [1.807, 2.05) is 0 Å². The molecule has 0 aromatic heterocycles. The van der Waals surface area contributed by atoms with Gasteiger partial charge in [-0.25, -0.2) is 5.43 Å². The van der Waals surface area contributed by atoms with Gasteiger partial charge in [-0.05, 0) is 36.2 Å². The minimum Gasteiger partial charge on any atom is -0.493 e. The lowest BCUT2D eigenvalue weighted by Crippen LogP contribution is -2.17. The summed E-state index contributed by atoms with van der Waals surface area (Å²) >= 11 is 12.0. The van der Waals surface area contributed by atoms with Gasteiger partial charge in [0, 0.05) is 11.1 Å². The van der Waals surface area contributed by atoms with E-state index < -0.39 is 0 Å². The molecule has 126 valence electrons. The van der Waals surface area contributed by atoms with Crippen molar-refractivity contribution in [2.75, 3.05) is 6.61 Å². The number of carbonyl (C=O) groups is 1. The molecule has 0 unspecified atom stereocenters. The lowest BCUT2D eigenvalue weighted by molar-refractivity contribution is 0.0955. The van der Waals surface area contributed by atoms with Crippen molar-refractivity contribution in [2.24, 2.45) is 11.0 Å². The summed E-state index contributed by atoms with van der Waals surface area (Å²) in [7, 11) is 0. The standard InChI is InChI=1S/C18H18Cl2N2O2/c1-12(2)11-24-15-8-6-13(7-9-15)18(23)22-21-10-14-4-3-5-16(19)17(14)20/h3-10,12H,11H2,1-2H3,(H,22,23)/b21-10+. The maximum absolute atomic E-state index is 12.0. The molecule has 24 heavy (non-hydrogen) atoms. The van der Waals surface area contributed by atoms with Crippen molar-refractivity contribution in [1.29, 1.82) is 0 Å². The van der Waals surface area contributed by atoms with E-state index in [0.29, 0.717) is 33.7 Å². The summed E-state index contributed by atoms with van der Waals surface area (Å²) < 4.78 is 5.58. The molecule has 2 aromatic rings. The predicted octanol–water partition coefficient (Wildman–Crippen LogP) is 4.79. The van der Waals surface area contributed by atoms with Gasteiger partial charge < -0.3 is 4.74 Å². The predicted molar refractivity (Wildman–Crippen MR) is 98.3 cm³/mol. The number of benzene rings is 2. The molecule has 2 rings (SSSR count). The average molecular weight is 365 g/mol. The van der Waals surface area contributed by atoms with Crippen LogP contribution in [0.2, 0.25) is 10.0 Å². The zero-order valence-electron chi connectivity index (χ0n) is 13.4. The first-order valence-corrected chi connectivity index (χ1v) is 8.23. The molecule has 0 saturated carbocycles. The Kier molecular flexibility index (Phi) is 6.64. The minimum absolute atomic E-state index is 0.320. The van der Waals surface area contributed by atoms with E-state index in [4.69, 9.17) is 27.9 Å². The van der Waals surface area contributed by atoms with Gasteiger partial charge in [0.1, 0.15) is 5.75 Å². The van der Waals surface area contributed by atoms with Gasteiger partial charge >= 0.3 is 0 Å². The molecule has 0 radical (unpaired) electrons. The highest BCUT2D eigenvalue weighted by Gasteiger charge is 2.06. The number of ether oxygens (including phenoxy) is 1. The first-order valence-electron chi connectivity index (χ1n) is 7.47. The fourth-order valence-corrected chi connectivity index (χ4v) is 2.17. The molecule has 0 atom stereocenters. The Morgan fingerprint density at radius 3 is 2.58 bits per heavy atom. The molecule has 0 bridgehead atoms. The lowest BCUT2D eigenvalue weighted by Gasteiger charge is -2.08. The first-order chi connectivity index (χ1) is 11.5. The maximum atomic E-state index is 12.0. The van der Waals surface area contributed by atoms with Crippen LogP contribution in [0.5, 0.6) is 5.75 Å². The molecule has 0 aliphatic carbocycles. The average Bonchev–Trinajstić information content (AvgIpc) is 2.57. The van der Waals surface area contributed by atoms with Gasteiger partial charge in [-0.15, -0.1) is 0 Å². The molecule has 0 saturated heterocycles. The van der Waals surface area contributed by atoms with Gasteiger partial charge in [-0.1, -0.05) is 49.2 Å². The number of nitrogens with zero attached hydrogens (tertiary/aromatic N) is 1. The number of hydrogen-bond acceptors (Lipinski definition) is 3. The smallest absolute Gasteiger partial charge is 0.271 e. The van der Waals surface area contributed by atoms with Crippen LogP contribution in [-0.4, -0.2) is 18.7 Å². The zero-order valence-corrected chi connectivity index (χ0v) is 14.9. The van der Waals surface area contributed by atoms with Gasteiger partial charge in [0.2, 0.25) is 0 Å². The Morgan fingerprint density at radius 2 is 1.92 bits per heavy atom. The van der Waals surface area contributed by atoms with Gasteiger partial charge in [0.15, 0.2) is 0 Å². The largest absolute Gasteiger partial charge is 0.493 e. The highest BCUT2D eigenvalue weighted by molar-refractivity contribution is 6.43. The minimum atomic E-state index is -0.320. The van der Waals surface area contributed by atoms with Gasteiger partial charge in [0.25, 0.3) is 5.91 Å². The van der Waals surface area contributed by atoms with Crippen LogP contribution in [0.15, 0.2) is 47.6 Å². The van der Waals surface area contributed by atoms with Crippen LogP contribution in [0.4, 0.5) is 0 Å². The fourth-order valence-electron chi connectivity index (χ4n) is 1.81. The van der Waals surface area contributed by atoms with E-state index >= 15 is 0 Å². The quantitative estimate of drug-likeness (QED) is 0.591. The summed E-state index contributed by atoms with van der Waals surface area (Å²) in [5.74, 6) is 0.856. The van der Waals surface area contributed by atoms with Crippen LogP contribution in [0, 0.1) is 5.92 Å². The molecule has 4 nitrogen and oxygen atoms in total. The van der Waals surface area contributed by atoms with Crippen molar-refractivity contribution in [3.8, 4) is 5.75 Å². The van der Waals surface area contributed by atoms with Gasteiger partial charge in [-0.3, -0.25) is 4.79 Å². The van der Waals surface area contributed by atoms with E-state index in [0.717, 1.165) is 5.75 Å². The lowest BCUT2D eigenvalue weighted by atomic mass is 10.2. The Labute approximate surface area is 151 Å². The second-order valence-corrected chi connectivity index (χ2v) is 6.36. The molecule has 6 heteroatoms. The third kappa shape index (κ3) is 5.25. The van der Waals surface area contributed by atoms with Crippen LogP contribution in [0.25, 0.3) is 0 Å². The van der Waals surface area contributed by atoms with Gasteiger partial charge in [0.05, 0.1) is 22.9 Å². The summed E-state index contributed by atoms with van der Waals surface area (Å²) in [6.07, 6.45) is 1.45. The van der Waals surface area contributed by atoms with Crippen molar-refractivity contribution >= 4 is 35.3 Å². The summed E-state index contributed by atoms with van der Waals surface area (Å²) in [5, 5.41) is 4.73. The monoisotopic (exact) mass is 364 g/mol. The van der Waals surface area contributed by atoms with Gasteiger partial charge in [-0.2, -0.15) is 5.10 Å². The van der Waals surface area contributed by atoms with E-state index in [2.05, 4.69) is 24.4 Å². The number of amides is 1. The summed E-state index contributed by atoms with van der Waals surface area (Å²) in [6.45, 7) is 4.79. The summed E-state index contributed by atoms with van der Waals surface area (Å²) in [4.78, 5) is 12.0. The molecule has 0 heterocycles. The molecule has 0 spiro atoms. The third-order valence-electron chi connectivity index (χ3n) is 3.05. The maximum Gasteiger partial charge on any atom is 0.271 e. The second-order valence-electron chi connectivity index (χ2n) is 5.57. The van der Waals surface area contributed by atoms with E-state index in [1.165, 1.54) is 6.21 Å². The molecule has 1 amide bonds. The summed E-state index contributed by atoms with van der Waals surface area (Å²) in [6, 6.07) is 12.1. The highest BCUT2D eigenvalue weighted by Crippen LogP contribution is 2.24. The Morgan fingerprint density at radius 1 is 1.21 bits per heavy atom. The van der Waals surface area contributed by atoms with Crippen LogP contribution < -0.4 is 10.2 Å². The van der Waals surface area contributed by atoms with Crippen molar-refractivity contribution in [3.63, 3.8) is 0 Å². The molecule has 1 N–H and O–H groups in total.